The van der Waals surface area contributed by atoms with Gasteiger partial charge in [-0.2, -0.15) is 0 Å². The van der Waals surface area contributed by atoms with Crippen LogP contribution in [0.3, 0.4) is 0 Å². The third-order valence-electron chi connectivity index (χ3n) is 4.08. The quantitative estimate of drug-likeness (QED) is 0.538. The van der Waals surface area contributed by atoms with Gasteiger partial charge < -0.3 is 5.11 Å². The van der Waals surface area contributed by atoms with E-state index in [2.05, 4.69) is 0 Å². The van der Waals surface area contributed by atoms with Crippen molar-refractivity contribution in [3.63, 3.8) is 0 Å². The van der Waals surface area contributed by atoms with Gasteiger partial charge in [0.1, 0.15) is 0 Å². The van der Waals surface area contributed by atoms with Gasteiger partial charge in [-0.1, -0.05) is 0 Å². The highest BCUT2D eigenvalue weighted by Gasteiger charge is 2.65. The molecule has 4 aliphatic rings. The van der Waals surface area contributed by atoms with E-state index in [0.29, 0.717) is 5.92 Å². The molecule has 0 aromatic rings. The van der Waals surface area contributed by atoms with E-state index in [-0.39, 0.29) is 5.60 Å². The molecule has 10 heavy (non-hydrogen) atoms. The van der Waals surface area contributed by atoms with Crippen molar-refractivity contribution in [2.45, 2.75) is 37.7 Å². The number of rotatable bonds is 0. The van der Waals surface area contributed by atoms with E-state index in [9.17, 15) is 5.11 Å². The van der Waals surface area contributed by atoms with Crippen LogP contribution in [0.4, 0.5) is 0 Å². The molecular weight excluding hydrogens is 124 g/mol. The van der Waals surface area contributed by atoms with Crippen LogP contribution >= 0.6 is 0 Å². The van der Waals surface area contributed by atoms with Crippen LogP contribution in [0.25, 0.3) is 0 Å². The molecule has 4 fully saturated rings. The lowest BCUT2D eigenvalue weighted by atomic mass is 9.69. The topological polar surface area (TPSA) is 20.2 Å². The molecule has 1 heteroatoms. The van der Waals surface area contributed by atoms with Gasteiger partial charge in [-0.3, -0.25) is 0 Å². The molecule has 2 bridgehead atoms. The predicted octanol–water partition coefficient (Wildman–Crippen LogP) is 1.56. The van der Waals surface area contributed by atoms with Gasteiger partial charge >= 0.3 is 0 Å². The average Bonchev–Trinajstić information content (AvgIpc) is 2.66. The molecule has 0 aromatic heterocycles. The molecule has 1 nitrogen and oxygen atoms in total. The third-order valence-corrected chi connectivity index (χ3v) is 4.08. The highest BCUT2D eigenvalue weighted by atomic mass is 16.3. The first-order valence-electron chi connectivity index (χ1n) is 4.53. The van der Waals surface area contributed by atoms with E-state index < -0.39 is 0 Å². The van der Waals surface area contributed by atoms with Crippen molar-refractivity contribution in [3.8, 4) is 0 Å². The van der Waals surface area contributed by atoms with Gasteiger partial charge in [-0.05, 0) is 49.9 Å². The third kappa shape index (κ3) is 0.460. The molecule has 0 amide bonds. The van der Waals surface area contributed by atoms with Crippen LogP contribution in [-0.2, 0) is 0 Å². The summed E-state index contributed by atoms with van der Waals surface area (Å²) in [7, 11) is 0. The zero-order valence-corrected chi connectivity index (χ0v) is 6.21. The first-order chi connectivity index (χ1) is 4.81. The number of hydrogen-bond donors (Lipinski definition) is 1. The molecule has 4 saturated carbocycles. The van der Waals surface area contributed by atoms with Crippen molar-refractivity contribution >= 4 is 0 Å². The van der Waals surface area contributed by atoms with Crippen molar-refractivity contribution in [2.75, 3.05) is 0 Å². The molecular formula is C9H14O. The van der Waals surface area contributed by atoms with Gasteiger partial charge in [0.15, 0.2) is 0 Å². The van der Waals surface area contributed by atoms with E-state index in [1.807, 2.05) is 0 Å². The second-order valence-electron chi connectivity index (χ2n) is 4.41. The van der Waals surface area contributed by atoms with Crippen LogP contribution in [0.1, 0.15) is 32.1 Å². The molecule has 0 heterocycles. The Balaban J connectivity index is 1.98. The second kappa shape index (κ2) is 1.42. The number of fused-ring (bicyclic) bond motifs is 2. The van der Waals surface area contributed by atoms with E-state index >= 15 is 0 Å². The summed E-state index contributed by atoms with van der Waals surface area (Å²) in [4.78, 5) is 0. The molecule has 0 aromatic carbocycles. The van der Waals surface area contributed by atoms with Gasteiger partial charge in [0.25, 0.3) is 0 Å². The van der Waals surface area contributed by atoms with Crippen molar-refractivity contribution in [2.24, 2.45) is 17.8 Å². The molecule has 0 aliphatic heterocycles. The highest BCUT2D eigenvalue weighted by molar-refractivity contribution is 5.15. The molecule has 4 rings (SSSR count). The minimum atomic E-state index is -0.138. The summed E-state index contributed by atoms with van der Waals surface area (Å²) in [6, 6.07) is 0. The fourth-order valence-corrected chi connectivity index (χ4v) is 3.36. The first kappa shape index (κ1) is 5.59. The minimum Gasteiger partial charge on any atom is -0.389 e. The maximum absolute atomic E-state index is 9.94. The van der Waals surface area contributed by atoms with Crippen molar-refractivity contribution in [3.05, 3.63) is 0 Å². The Hall–Kier alpha value is -0.0400. The highest BCUT2D eigenvalue weighted by Crippen LogP contribution is 2.64. The second-order valence-corrected chi connectivity index (χ2v) is 4.41. The van der Waals surface area contributed by atoms with E-state index in [1.54, 1.807) is 0 Å². The largest absolute Gasteiger partial charge is 0.389 e. The predicted molar refractivity (Wildman–Crippen MR) is 38.5 cm³/mol. The standard InChI is InChI=1S/C9H14O/c10-9-5-8(9)6-1-3-7(9)4-2-6/h6-8,10H,1-5H2. The monoisotopic (exact) mass is 138 g/mol. The van der Waals surface area contributed by atoms with Gasteiger partial charge in [0.05, 0.1) is 5.60 Å². The summed E-state index contributed by atoms with van der Waals surface area (Å²) in [6.07, 6.45) is 6.60. The Morgan fingerprint density at radius 3 is 2.20 bits per heavy atom. The van der Waals surface area contributed by atoms with Gasteiger partial charge in [0, 0.05) is 0 Å². The normalized spacial score (nSPS) is 63.9. The summed E-state index contributed by atoms with van der Waals surface area (Å²) < 4.78 is 0. The Morgan fingerprint density at radius 1 is 1.10 bits per heavy atom. The van der Waals surface area contributed by atoms with E-state index in [1.165, 1.54) is 25.7 Å². The zero-order chi connectivity index (χ0) is 6.77. The number of hydrogen-bond acceptors (Lipinski definition) is 1. The zero-order valence-electron chi connectivity index (χ0n) is 6.21. The van der Waals surface area contributed by atoms with E-state index in [4.69, 9.17) is 0 Å². The molecule has 56 valence electrons. The Bertz CT molecular complexity index is 170. The molecule has 2 atom stereocenters. The lowest BCUT2D eigenvalue weighted by Crippen LogP contribution is -2.37. The molecule has 0 saturated heterocycles. The summed E-state index contributed by atoms with van der Waals surface area (Å²) in [5.41, 5.74) is -0.138. The lowest BCUT2D eigenvalue weighted by Gasteiger charge is -2.39. The molecule has 2 unspecified atom stereocenters. The summed E-state index contributed by atoms with van der Waals surface area (Å²) >= 11 is 0. The smallest absolute Gasteiger partial charge is 0.0711 e. The van der Waals surface area contributed by atoms with Crippen LogP contribution in [0.2, 0.25) is 0 Å². The molecule has 0 spiro atoms. The van der Waals surface area contributed by atoms with Gasteiger partial charge in [-0.25, -0.2) is 0 Å². The van der Waals surface area contributed by atoms with Crippen LogP contribution < -0.4 is 0 Å². The first-order valence-corrected chi connectivity index (χ1v) is 4.53. The summed E-state index contributed by atoms with van der Waals surface area (Å²) in [5, 5.41) is 9.94. The lowest BCUT2D eigenvalue weighted by molar-refractivity contribution is -0.0146. The van der Waals surface area contributed by atoms with Crippen molar-refractivity contribution < 1.29 is 5.11 Å². The van der Waals surface area contributed by atoms with Crippen molar-refractivity contribution in [1.82, 2.24) is 0 Å². The summed E-state index contributed by atoms with van der Waals surface area (Å²) in [6.45, 7) is 0. The summed E-state index contributed by atoms with van der Waals surface area (Å²) in [5.74, 6) is 2.34. The van der Waals surface area contributed by atoms with E-state index in [0.717, 1.165) is 18.3 Å². The molecule has 0 radical (unpaired) electrons. The van der Waals surface area contributed by atoms with Gasteiger partial charge in [-0.15, -0.1) is 0 Å². The van der Waals surface area contributed by atoms with Crippen LogP contribution in [0.5, 0.6) is 0 Å². The van der Waals surface area contributed by atoms with Crippen LogP contribution in [-0.4, -0.2) is 10.7 Å². The minimum absolute atomic E-state index is 0.138. The van der Waals surface area contributed by atoms with Crippen LogP contribution in [0, 0.1) is 17.8 Å². The Labute approximate surface area is 61.4 Å². The SMILES string of the molecule is OC12CC1C1CCC2CC1. The maximum atomic E-state index is 9.94. The van der Waals surface area contributed by atoms with Crippen molar-refractivity contribution in [1.29, 1.82) is 0 Å². The van der Waals surface area contributed by atoms with Gasteiger partial charge in [0.2, 0.25) is 0 Å². The average molecular weight is 138 g/mol. The fraction of sp³-hybridized carbons (Fsp3) is 1.00. The Kier molecular flexibility index (Phi) is 0.797. The fourth-order valence-electron chi connectivity index (χ4n) is 3.36. The van der Waals surface area contributed by atoms with Crippen LogP contribution in [0.15, 0.2) is 0 Å². The number of aliphatic hydroxyl groups is 1. The molecule has 1 N–H and O–H groups in total. The molecule has 4 aliphatic carbocycles. The maximum Gasteiger partial charge on any atom is 0.0711 e. The Morgan fingerprint density at radius 2 is 1.80 bits per heavy atom.